The van der Waals surface area contributed by atoms with E-state index in [1.807, 2.05) is 0 Å². The van der Waals surface area contributed by atoms with Gasteiger partial charge in [0.05, 0.1) is 30.5 Å². The molecule has 8 nitrogen and oxygen atoms in total. The number of benzene rings is 1. The summed E-state index contributed by atoms with van der Waals surface area (Å²) < 4.78 is 19.1. The molecule has 3 heterocycles. The number of nitrogens with one attached hydrogen (secondary N) is 2. The molecule has 2 aromatic rings. The van der Waals surface area contributed by atoms with Crippen molar-refractivity contribution in [2.45, 2.75) is 20.0 Å². The molecular weight excluding hydrogens is 427 g/mol. The van der Waals surface area contributed by atoms with Gasteiger partial charge in [0.2, 0.25) is 0 Å². The second-order valence-corrected chi connectivity index (χ2v) is 8.62. The number of rotatable bonds is 6. The van der Waals surface area contributed by atoms with E-state index in [-0.39, 0.29) is 18.4 Å². The second-order valence-electron chi connectivity index (χ2n) is 8.62. The first kappa shape index (κ1) is 23.2. The number of H-pyrrole nitrogens is 1. The third-order valence-electron chi connectivity index (χ3n) is 6.15. The zero-order valence-electron chi connectivity index (χ0n) is 19.1. The lowest BCUT2D eigenvalue weighted by atomic mass is 10.0. The molecule has 0 radical (unpaired) electrons. The minimum atomic E-state index is -0.674. The summed E-state index contributed by atoms with van der Waals surface area (Å²) in [6, 6.07) is 4.15. The highest BCUT2D eigenvalue weighted by Crippen LogP contribution is 2.34. The number of aromatic nitrogens is 1. The van der Waals surface area contributed by atoms with Gasteiger partial charge >= 0.3 is 0 Å². The van der Waals surface area contributed by atoms with E-state index in [2.05, 4.69) is 15.2 Å². The van der Waals surface area contributed by atoms with Crippen LogP contribution in [-0.2, 0) is 9.53 Å². The Hall–Kier alpha value is -3.01. The highest BCUT2D eigenvalue weighted by molar-refractivity contribution is 6.34. The van der Waals surface area contributed by atoms with E-state index >= 15 is 0 Å². The van der Waals surface area contributed by atoms with Crippen LogP contribution in [0.1, 0.15) is 32.9 Å². The molecule has 0 bridgehead atoms. The number of fused-ring (bicyclic) bond motifs is 1. The summed E-state index contributed by atoms with van der Waals surface area (Å²) in [5, 5.41) is 13.2. The van der Waals surface area contributed by atoms with Gasteiger partial charge in [0.1, 0.15) is 5.82 Å². The van der Waals surface area contributed by atoms with E-state index in [1.54, 1.807) is 27.0 Å². The minimum Gasteiger partial charge on any atom is -0.390 e. The van der Waals surface area contributed by atoms with Crippen LogP contribution in [0.15, 0.2) is 18.2 Å². The van der Waals surface area contributed by atoms with Crippen LogP contribution in [-0.4, -0.2) is 84.2 Å². The predicted molar refractivity (Wildman–Crippen MR) is 123 cm³/mol. The molecule has 0 aliphatic carbocycles. The number of β-amino-alcohol motifs (C(OH)–C–C–N with tert-alkyl or cyclic N) is 1. The van der Waals surface area contributed by atoms with Gasteiger partial charge in [-0.2, -0.15) is 0 Å². The summed E-state index contributed by atoms with van der Waals surface area (Å²) in [5.41, 5.74) is 3.85. The van der Waals surface area contributed by atoms with Crippen LogP contribution in [0.4, 0.5) is 10.1 Å². The molecule has 3 N–H and O–H groups in total. The molecule has 1 atom stereocenters. The first-order chi connectivity index (χ1) is 15.7. The Morgan fingerprint density at radius 2 is 2.06 bits per heavy atom. The molecule has 1 fully saturated rings. The van der Waals surface area contributed by atoms with Crippen LogP contribution in [0.2, 0.25) is 0 Å². The fourth-order valence-corrected chi connectivity index (χ4v) is 4.42. The first-order valence-electron chi connectivity index (χ1n) is 11.0. The number of hydrogen-bond acceptors (Lipinski definition) is 5. The molecule has 176 valence electrons. The minimum absolute atomic E-state index is 0.200. The molecule has 1 aromatic heterocycles. The zero-order valence-corrected chi connectivity index (χ0v) is 19.1. The Balaban J connectivity index is 1.52. The first-order valence-corrected chi connectivity index (χ1v) is 11.0. The quantitative estimate of drug-likeness (QED) is 0.578. The number of aliphatic hydroxyl groups is 1. The number of anilines is 1. The molecular formula is C24H29FN4O4. The topological polar surface area (TPSA) is 97.9 Å². The van der Waals surface area contributed by atoms with Crippen LogP contribution < -0.4 is 5.32 Å². The van der Waals surface area contributed by atoms with Gasteiger partial charge in [-0.3, -0.25) is 14.5 Å². The lowest BCUT2D eigenvalue weighted by Crippen LogP contribution is -2.45. The van der Waals surface area contributed by atoms with E-state index in [0.29, 0.717) is 59.1 Å². The highest BCUT2D eigenvalue weighted by atomic mass is 19.1. The van der Waals surface area contributed by atoms with Crippen molar-refractivity contribution in [1.29, 1.82) is 0 Å². The third-order valence-corrected chi connectivity index (χ3v) is 6.15. The molecule has 0 unspecified atom stereocenters. The summed E-state index contributed by atoms with van der Waals surface area (Å²) >= 11 is 0. The molecule has 2 aliphatic rings. The largest absolute Gasteiger partial charge is 0.390 e. The molecule has 1 aromatic carbocycles. The van der Waals surface area contributed by atoms with Gasteiger partial charge in [0, 0.05) is 55.9 Å². The van der Waals surface area contributed by atoms with Crippen molar-refractivity contribution < 1.29 is 23.8 Å². The summed E-state index contributed by atoms with van der Waals surface area (Å²) in [7, 11) is 1.67. The molecule has 2 amide bonds. The van der Waals surface area contributed by atoms with Crippen LogP contribution in [0.25, 0.3) is 11.6 Å². The number of carbonyl (C=O) groups is 2. The standard InChI is InChI=1S/C24H29FN4O4/c1-14-21(11-19-18-10-16(25)4-5-20(18)27-23(19)31)26-15(2)22(14)24(32)28(3)12-17(30)13-29-6-8-33-9-7-29/h4-5,10-11,17,26,30H,6-9,12-13H2,1-3H3,(H,27,31)/t17-/m1/s1. The molecule has 0 spiro atoms. The van der Waals surface area contributed by atoms with Crippen molar-refractivity contribution in [2.75, 3.05) is 51.8 Å². The van der Waals surface area contributed by atoms with Crippen molar-refractivity contribution in [3.8, 4) is 0 Å². The van der Waals surface area contributed by atoms with Gasteiger partial charge in [-0.05, 0) is 43.7 Å². The Kier molecular flexibility index (Phi) is 6.64. The van der Waals surface area contributed by atoms with Gasteiger partial charge in [0.15, 0.2) is 0 Å². The number of carbonyl (C=O) groups excluding carboxylic acids is 2. The number of hydrogen-bond donors (Lipinski definition) is 3. The Morgan fingerprint density at radius 3 is 2.79 bits per heavy atom. The van der Waals surface area contributed by atoms with E-state index in [9.17, 15) is 19.1 Å². The van der Waals surface area contributed by atoms with E-state index in [4.69, 9.17) is 4.74 Å². The maximum absolute atomic E-state index is 13.7. The van der Waals surface area contributed by atoms with Crippen LogP contribution in [0, 0.1) is 19.7 Å². The highest BCUT2D eigenvalue weighted by Gasteiger charge is 2.27. The van der Waals surface area contributed by atoms with Gasteiger partial charge in [-0.1, -0.05) is 0 Å². The molecule has 33 heavy (non-hydrogen) atoms. The lowest BCUT2D eigenvalue weighted by molar-refractivity contribution is -0.110. The number of aliphatic hydroxyl groups excluding tert-OH is 1. The molecule has 9 heteroatoms. The number of ether oxygens (including phenoxy) is 1. The maximum Gasteiger partial charge on any atom is 0.256 e. The van der Waals surface area contributed by atoms with Crippen molar-refractivity contribution >= 4 is 29.2 Å². The summed E-state index contributed by atoms with van der Waals surface area (Å²) in [4.78, 5) is 32.4. The van der Waals surface area contributed by atoms with E-state index < -0.39 is 11.9 Å². The van der Waals surface area contributed by atoms with Gasteiger partial charge in [0.25, 0.3) is 11.8 Å². The summed E-state index contributed by atoms with van der Waals surface area (Å²) in [6.07, 6.45) is 0.972. The Morgan fingerprint density at radius 1 is 1.33 bits per heavy atom. The van der Waals surface area contributed by atoms with E-state index in [0.717, 1.165) is 13.1 Å². The smallest absolute Gasteiger partial charge is 0.256 e. The zero-order chi connectivity index (χ0) is 23.7. The average Bonchev–Trinajstić information content (AvgIpc) is 3.23. The normalized spacial score (nSPS) is 18.3. The van der Waals surface area contributed by atoms with Gasteiger partial charge < -0.3 is 25.0 Å². The molecule has 2 aliphatic heterocycles. The average molecular weight is 457 g/mol. The third kappa shape index (κ3) is 4.85. The second kappa shape index (κ2) is 9.46. The number of nitrogens with zero attached hydrogens (tertiary/aromatic N) is 2. The van der Waals surface area contributed by atoms with Crippen molar-refractivity contribution in [1.82, 2.24) is 14.8 Å². The SMILES string of the molecule is Cc1[nH]c(C=C2C(=O)Nc3ccc(F)cc32)c(C)c1C(=O)N(C)C[C@@H](O)CN1CCOCC1. The molecule has 4 rings (SSSR count). The summed E-state index contributed by atoms with van der Waals surface area (Å²) in [6.45, 7) is 7.11. The number of aromatic amines is 1. The molecule has 1 saturated heterocycles. The number of aryl methyl sites for hydroxylation is 1. The van der Waals surface area contributed by atoms with Gasteiger partial charge in [-0.25, -0.2) is 4.39 Å². The van der Waals surface area contributed by atoms with Crippen molar-refractivity contribution in [2.24, 2.45) is 0 Å². The number of likely N-dealkylation sites (N-methyl/N-ethyl adjacent to an activating group) is 1. The Bertz CT molecular complexity index is 1100. The van der Waals surface area contributed by atoms with Gasteiger partial charge in [-0.15, -0.1) is 0 Å². The summed E-state index contributed by atoms with van der Waals surface area (Å²) in [5.74, 6) is -0.962. The molecule has 0 saturated carbocycles. The monoisotopic (exact) mass is 456 g/mol. The Labute approximate surface area is 192 Å². The maximum atomic E-state index is 13.7. The lowest BCUT2D eigenvalue weighted by Gasteiger charge is -2.30. The van der Waals surface area contributed by atoms with Crippen molar-refractivity contribution in [3.63, 3.8) is 0 Å². The van der Waals surface area contributed by atoms with Crippen LogP contribution >= 0.6 is 0 Å². The van der Waals surface area contributed by atoms with Crippen LogP contribution in [0.3, 0.4) is 0 Å². The number of halogens is 1. The predicted octanol–water partition coefficient (Wildman–Crippen LogP) is 2.03. The number of morpholine rings is 1. The fourth-order valence-electron chi connectivity index (χ4n) is 4.42. The van der Waals surface area contributed by atoms with Crippen molar-refractivity contribution in [3.05, 3.63) is 52.1 Å². The fraction of sp³-hybridized carbons (Fsp3) is 0.417. The van der Waals surface area contributed by atoms with E-state index in [1.165, 1.54) is 23.1 Å². The van der Waals surface area contributed by atoms with Crippen LogP contribution in [0.5, 0.6) is 0 Å². The number of amides is 2.